The summed E-state index contributed by atoms with van der Waals surface area (Å²) in [6.07, 6.45) is 16.8. The maximum Gasteiger partial charge on any atom is 0.297 e. The lowest BCUT2D eigenvalue weighted by molar-refractivity contribution is -0.385. The molecule has 4 aromatic carbocycles. The van der Waals surface area contributed by atoms with Gasteiger partial charge in [0.15, 0.2) is 5.75 Å². The SMILES string of the molecule is N=C1C=Cc2ccc(N)cc2C1=NN=C1C=CC(=C2C=CC(=NNc3c(S(=O)(=O)O)cc4cc(S(=O)(=O)O)c(N=Nc5ccc([N+](=O)[O-])cc5S(=O)(=O)O)c(O)c4c3N)C=C2)C=C1. The number of phenolic OH excluding ortho intramolecular Hbond substituents is 1. The summed E-state index contributed by atoms with van der Waals surface area (Å²) < 4.78 is 104. The lowest BCUT2D eigenvalue weighted by Crippen LogP contribution is -2.17. The minimum absolute atomic E-state index is 0.176. The third kappa shape index (κ3) is 8.98. The molecule has 3 aliphatic carbocycles. The quantitative estimate of drug-likeness (QED) is 0.0315. The first-order valence-electron chi connectivity index (χ1n) is 17.5. The summed E-state index contributed by atoms with van der Waals surface area (Å²) in [6, 6.07) is 8.59. The number of hydrazone groups is 1. The van der Waals surface area contributed by atoms with E-state index in [2.05, 4.69) is 31.0 Å². The van der Waals surface area contributed by atoms with Gasteiger partial charge in [0, 0.05) is 23.4 Å². The van der Waals surface area contributed by atoms with Gasteiger partial charge in [-0.05, 0) is 82.8 Å². The first-order chi connectivity index (χ1) is 29.6. The largest absolute Gasteiger partial charge is 0.505 e. The molecule has 0 unspecified atom stereocenters. The molecule has 25 heteroatoms. The van der Waals surface area contributed by atoms with Crippen LogP contribution in [0.15, 0.2) is 155 Å². The van der Waals surface area contributed by atoms with Gasteiger partial charge in [-0.2, -0.15) is 35.5 Å². The fourth-order valence-corrected chi connectivity index (χ4v) is 8.24. The molecule has 0 saturated heterocycles. The highest BCUT2D eigenvalue weighted by atomic mass is 32.2. The van der Waals surface area contributed by atoms with Crippen molar-refractivity contribution in [2.24, 2.45) is 25.5 Å². The number of aromatic hydroxyl groups is 1. The highest BCUT2D eigenvalue weighted by Gasteiger charge is 2.29. The molecule has 0 atom stereocenters. The lowest BCUT2D eigenvalue weighted by atomic mass is 9.94. The first kappa shape index (κ1) is 43.3. The summed E-state index contributed by atoms with van der Waals surface area (Å²) in [6.45, 7) is 0. The van der Waals surface area contributed by atoms with Crippen molar-refractivity contribution in [2.75, 3.05) is 16.9 Å². The van der Waals surface area contributed by atoms with Gasteiger partial charge in [-0.25, -0.2) is 0 Å². The van der Waals surface area contributed by atoms with Gasteiger partial charge in [0.1, 0.15) is 37.5 Å². The molecule has 0 bridgehead atoms. The van der Waals surface area contributed by atoms with Crippen molar-refractivity contribution in [1.82, 2.24) is 0 Å². The molecular weight excluding hydrogens is 885 g/mol. The van der Waals surface area contributed by atoms with Crippen LogP contribution in [0, 0.1) is 15.5 Å². The Kier molecular flexibility index (Phi) is 11.2. The van der Waals surface area contributed by atoms with Crippen molar-refractivity contribution in [3.05, 3.63) is 136 Å². The Morgan fingerprint density at radius 1 is 0.683 bits per heavy atom. The molecule has 0 fully saturated rings. The van der Waals surface area contributed by atoms with Gasteiger partial charge in [0.25, 0.3) is 36.0 Å². The number of phenols is 1. The molecule has 0 saturated carbocycles. The zero-order chi connectivity index (χ0) is 45.6. The van der Waals surface area contributed by atoms with Gasteiger partial charge < -0.3 is 16.6 Å². The van der Waals surface area contributed by atoms with E-state index in [1.807, 2.05) is 6.07 Å². The highest BCUT2D eigenvalue weighted by Crippen LogP contribution is 2.47. The monoisotopic (exact) mass is 912 g/mol. The van der Waals surface area contributed by atoms with E-state index in [4.69, 9.17) is 16.9 Å². The van der Waals surface area contributed by atoms with Crippen molar-refractivity contribution in [2.45, 2.75) is 14.7 Å². The second-order valence-electron chi connectivity index (χ2n) is 13.3. The zero-order valence-corrected chi connectivity index (χ0v) is 34.0. The summed E-state index contributed by atoms with van der Waals surface area (Å²) in [5.41, 5.74) is 15.6. The van der Waals surface area contributed by atoms with Crippen LogP contribution in [-0.4, -0.2) is 71.8 Å². The Balaban J connectivity index is 1.20. The average Bonchev–Trinajstić information content (AvgIpc) is 3.21. The summed E-state index contributed by atoms with van der Waals surface area (Å²) in [4.78, 5) is 6.95. The third-order valence-electron chi connectivity index (χ3n) is 9.23. The Labute approximate surface area is 355 Å². The number of nitro groups is 1. The first-order valence-corrected chi connectivity index (χ1v) is 21.8. The molecule has 0 radical (unpaired) electrons. The van der Waals surface area contributed by atoms with Crippen LogP contribution < -0.4 is 16.9 Å². The number of nitrogens with zero attached hydrogens (tertiary/aromatic N) is 6. The van der Waals surface area contributed by atoms with Crippen molar-refractivity contribution < 1.29 is 48.9 Å². The second kappa shape index (κ2) is 16.2. The number of allylic oxidation sites excluding steroid dienone is 11. The molecule has 0 heterocycles. The highest BCUT2D eigenvalue weighted by molar-refractivity contribution is 7.86. The Hall–Kier alpha value is -7.81. The van der Waals surface area contributed by atoms with Crippen molar-refractivity contribution in [3.8, 4) is 5.75 Å². The van der Waals surface area contributed by atoms with Crippen molar-refractivity contribution in [1.29, 1.82) is 5.41 Å². The van der Waals surface area contributed by atoms with E-state index >= 15 is 0 Å². The van der Waals surface area contributed by atoms with Crippen LogP contribution in [0.4, 0.5) is 34.1 Å². The molecule has 4 aromatic rings. The van der Waals surface area contributed by atoms with Gasteiger partial charge in [-0.15, -0.1) is 15.3 Å². The summed E-state index contributed by atoms with van der Waals surface area (Å²) in [5, 5.41) is 49.7. The molecule has 22 nitrogen and oxygen atoms in total. The topological polar surface area (TPSA) is 376 Å². The van der Waals surface area contributed by atoms with Crippen LogP contribution in [0.5, 0.6) is 5.75 Å². The van der Waals surface area contributed by atoms with Crippen LogP contribution in [0.3, 0.4) is 0 Å². The van der Waals surface area contributed by atoms with E-state index in [0.717, 1.165) is 28.8 Å². The number of hydrogen-bond donors (Lipinski definition) is 8. The predicted molar refractivity (Wildman–Crippen MR) is 233 cm³/mol. The molecule has 10 N–H and O–H groups in total. The summed E-state index contributed by atoms with van der Waals surface area (Å²) in [5.74, 6) is -1.15. The van der Waals surface area contributed by atoms with Gasteiger partial charge in [-0.1, -0.05) is 36.4 Å². The maximum atomic E-state index is 12.6. The molecule has 0 amide bonds. The van der Waals surface area contributed by atoms with E-state index in [1.54, 1.807) is 60.7 Å². The molecule has 0 spiro atoms. The number of hydrogen-bond acceptors (Lipinski definition) is 18. The summed E-state index contributed by atoms with van der Waals surface area (Å²) in [7, 11) is -15.7. The number of nitrogens with one attached hydrogen (secondary N) is 2. The number of non-ortho nitro benzene ring substituents is 1. The van der Waals surface area contributed by atoms with Crippen molar-refractivity contribution in [3.63, 3.8) is 0 Å². The number of benzene rings is 4. The van der Waals surface area contributed by atoms with Crippen LogP contribution in [0.1, 0.15) is 11.1 Å². The fourth-order valence-electron chi connectivity index (χ4n) is 6.25. The van der Waals surface area contributed by atoms with Crippen molar-refractivity contribution >= 4 is 104 Å². The van der Waals surface area contributed by atoms with E-state index in [-0.39, 0.29) is 11.4 Å². The van der Waals surface area contributed by atoms with Gasteiger partial charge in [0.2, 0.25) is 0 Å². The molecule has 320 valence electrons. The molecule has 3 aliphatic rings. The zero-order valence-electron chi connectivity index (χ0n) is 31.5. The maximum absolute atomic E-state index is 12.6. The number of nitrogen functional groups attached to an aromatic ring is 2. The summed E-state index contributed by atoms with van der Waals surface area (Å²) >= 11 is 0. The average molecular weight is 913 g/mol. The van der Waals surface area contributed by atoms with Crippen LogP contribution in [-0.2, 0) is 30.4 Å². The number of rotatable bonds is 9. The van der Waals surface area contributed by atoms with E-state index < -0.39 is 94.9 Å². The van der Waals surface area contributed by atoms with Gasteiger partial charge in [-0.3, -0.25) is 34.6 Å². The Bertz CT molecular complexity index is 3380. The van der Waals surface area contributed by atoms with Gasteiger partial charge in [0.05, 0.1) is 33.1 Å². The normalized spacial score (nSPS) is 15.8. The predicted octanol–water partition coefficient (Wildman–Crippen LogP) is 5.98. The molecule has 7 rings (SSSR count). The fraction of sp³-hybridized carbons (Fsp3) is 0. The number of nitrogens with two attached hydrogens (primary N) is 2. The minimum atomic E-state index is -5.35. The Morgan fingerprint density at radius 2 is 1.29 bits per heavy atom. The van der Waals surface area contributed by atoms with E-state index in [9.17, 15) is 54.1 Å². The second-order valence-corrected chi connectivity index (χ2v) is 17.5. The van der Waals surface area contributed by atoms with Crippen LogP contribution >= 0.6 is 0 Å². The molecule has 63 heavy (non-hydrogen) atoms. The van der Waals surface area contributed by atoms with E-state index in [1.165, 1.54) is 12.2 Å². The standard InChI is InChI=1S/C38H28N10O12S3/c39-23-7-1-21-6-13-28(40)35(27(21)17-23)45-42-24-8-2-19(3-9-24)20-4-10-25(11-5-20)43-46-36-31(62(55,56)57)15-22-16-32(63(58,59)60)37(38(49)33(22)34(36)41)47-44-29-14-12-26(48(50)51)18-30(29)61(52,53)54/h1-18,40,46,49H,39,41H2,(H,52,53,54)(H,55,56,57)(H,58,59,60). The smallest absolute Gasteiger partial charge is 0.297 e. The molecule has 0 aliphatic heterocycles. The Morgan fingerprint density at radius 3 is 1.89 bits per heavy atom. The van der Waals surface area contributed by atoms with Crippen LogP contribution in [0.2, 0.25) is 0 Å². The van der Waals surface area contributed by atoms with Crippen LogP contribution in [0.25, 0.3) is 16.8 Å². The third-order valence-corrected chi connectivity index (χ3v) is 11.9. The number of nitro benzene ring substituents is 1. The number of fused-ring (bicyclic) bond motifs is 2. The number of anilines is 3. The lowest BCUT2D eigenvalue weighted by Gasteiger charge is -2.16. The molecular formula is C38H28N10O12S3. The van der Waals surface area contributed by atoms with E-state index in [0.29, 0.717) is 40.9 Å². The minimum Gasteiger partial charge on any atom is -0.505 e. The number of azo groups is 1. The molecule has 0 aromatic heterocycles. The van der Waals surface area contributed by atoms with Gasteiger partial charge >= 0.3 is 0 Å².